The normalized spacial score (nSPS) is 11.6. The third kappa shape index (κ3) is 5.55. The highest BCUT2D eigenvalue weighted by molar-refractivity contribution is 6.12. The van der Waals surface area contributed by atoms with Gasteiger partial charge >= 0.3 is 0 Å². The molecule has 0 saturated heterocycles. The Morgan fingerprint density at radius 1 is 0.512 bits per heavy atom. The highest BCUT2D eigenvalue weighted by atomic mass is 15.1. The van der Waals surface area contributed by atoms with Crippen LogP contribution in [-0.4, -0.2) is 0 Å². The maximum absolute atomic E-state index is 9.97. The standard InChI is InChI=1S/C41H36N2/c1-28(2)31-16-22-34(23-17-31)43(35-24-18-32(19-25-35)29(3)4)33-20-13-30(14-21-33)15-26-40-36-9-5-7-11-38(36)41(27-42)39-12-8-6-10-37(39)40/h5-26,28-29H,1-4H3/b26-15+. The predicted molar refractivity (Wildman–Crippen MR) is 184 cm³/mol. The summed E-state index contributed by atoms with van der Waals surface area (Å²) in [6.45, 7) is 8.92. The van der Waals surface area contributed by atoms with Crippen LogP contribution in [0.25, 0.3) is 33.7 Å². The van der Waals surface area contributed by atoms with Gasteiger partial charge in [0.1, 0.15) is 6.07 Å². The molecule has 0 aliphatic heterocycles. The maximum Gasteiger partial charge on any atom is 0.100 e. The number of anilines is 3. The summed E-state index contributed by atoms with van der Waals surface area (Å²) in [7, 11) is 0. The quantitative estimate of drug-likeness (QED) is 0.144. The molecule has 0 spiro atoms. The van der Waals surface area contributed by atoms with E-state index >= 15 is 0 Å². The number of rotatable bonds is 7. The largest absolute Gasteiger partial charge is 0.311 e. The van der Waals surface area contributed by atoms with Crippen LogP contribution in [0, 0.1) is 11.3 Å². The van der Waals surface area contributed by atoms with Crippen molar-refractivity contribution in [2.75, 3.05) is 4.90 Å². The van der Waals surface area contributed by atoms with E-state index in [4.69, 9.17) is 0 Å². The molecule has 0 aromatic heterocycles. The van der Waals surface area contributed by atoms with Gasteiger partial charge in [-0.2, -0.15) is 5.26 Å². The van der Waals surface area contributed by atoms with Gasteiger partial charge in [0.05, 0.1) is 5.56 Å². The Kier molecular flexibility index (Phi) is 7.82. The van der Waals surface area contributed by atoms with Crippen molar-refractivity contribution in [1.29, 1.82) is 5.26 Å². The van der Waals surface area contributed by atoms with Gasteiger partial charge in [-0.05, 0) is 81.3 Å². The molecule has 6 rings (SSSR count). The second kappa shape index (κ2) is 12.0. The van der Waals surface area contributed by atoms with Crippen molar-refractivity contribution < 1.29 is 0 Å². The number of nitrogens with zero attached hydrogens (tertiary/aromatic N) is 2. The van der Waals surface area contributed by atoms with Crippen molar-refractivity contribution >= 4 is 50.8 Å². The number of fused-ring (bicyclic) bond motifs is 2. The molecule has 0 radical (unpaired) electrons. The van der Waals surface area contributed by atoms with Crippen molar-refractivity contribution in [2.45, 2.75) is 39.5 Å². The Labute approximate surface area is 255 Å². The lowest BCUT2D eigenvalue weighted by molar-refractivity contribution is 0.866. The average Bonchev–Trinajstić information content (AvgIpc) is 3.04. The molecule has 0 aliphatic carbocycles. The molecule has 0 N–H and O–H groups in total. The van der Waals surface area contributed by atoms with Crippen molar-refractivity contribution in [3.8, 4) is 6.07 Å². The molecular weight excluding hydrogens is 520 g/mol. The second-order valence-corrected chi connectivity index (χ2v) is 11.7. The zero-order valence-corrected chi connectivity index (χ0v) is 25.3. The first-order chi connectivity index (χ1) is 20.9. The Morgan fingerprint density at radius 2 is 0.907 bits per heavy atom. The van der Waals surface area contributed by atoms with Crippen LogP contribution in [0.3, 0.4) is 0 Å². The van der Waals surface area contributed by atoms with Crippen LogP contribution in [0.5, 0.6) is 0 Å². The highest BCUT2D eigenvalue weighted by Crippen LogP contribution is 2.37. The van der Waals surface area contributed by atoms with Crippen LogP contribution in [0.15, 0.2) is 121 Å². The first-order valence-corrected chi connectivity index (χ1v) is 15.1. The lowest BCUT2D eigenvalue weighted by Crippen LogP contribution is -2.10. The van der Waals surface area contributed by atoms with Gasteiger partial charge in [-0.25, -0.2) is 0 Å². The van der Waals surface area contributed by atoms with Crippen LogP contribution in [0.1, 0.15) is 67.3 Å². The van der Waals surface area contributed by atoms with E-state index in [0.29, 0.717) is 11.8 Å². The molecule has 0 aliphatic rings. The van der Waals surface area contributed by atoms with Crippen molar-refractivity contribution in [2.24, 2.45) is 0 Å². The first-order valence-electron chi connectivity index (χ1n) is 15.1. The third-order valence-corrected chi connectivity index (χ3v) is 8.31. The van der Waals surface area contributed by atoms with Crippen molar-refractivity contribution in [1.82, 2.24) is 0 Å². The first kappa shape index (κ1) is 28.0. The van der Waals surface area contributed by atoms with Crippen molar-refractivity contribution in [3.05, 3.63) is 149 Å². The predicted octanol–water partition coefficient (Wildman–Crippen LogP) is 11.8. The molecule has 2 nitrogen and oxygen atoms in total. The zero-order chi connectivity index (χ0) is 29.9. The minimum absolute atomic E-state index is 0.490. The van der Waals surface area contributed by atoms with Gasteiger partial charge in [-0.3, -0.25) is 0 Å². The summed E-state index contributed by atoms with van der Waals surface area (Å²) >= 11 is 0. The lowest BCUT2D eigenvalue weighted by Gasteiger charge is -2.26. The van der Waals surface area contributed by atoms with E-state index in [1.54, 1.807) is 0 Å². The molecule has 43 heavy (non-hydrogen) atoms. The van der Waals surface area contributed by atoms with Gasteiger partial charge < -0.3 is 4.90 Å². The molecule has 6 aromatic rings. The fraction of sp³-hybridized carbons (Fsp3) is 0.146. The minimum atomic E-state index is 0.490. The number of nitriles is 1. The smallest absolute Gasteiger partial charge is 0.100 e. The minimum Gasteiger partial charge on any atom is -0.311 e. The van der Waals surface area contributed by atoms with Crippen LogP contribution >= 0.6 is 0 Å². The van der Waals surface area contributed by atoms with Gasteiger partial charge in [0.2, 0.25) is 0 Å². The molecule has 2 heteroatoms. The van der Waals surface area contributed by atoms with E-state index in [0.717, 1.165) is 55.3 Å². The Balaban J connectivity index is 1.39. The summed E-state index contributed by atoms with van der Waals surface area (Å²) in [5.41, 5.74) is 9.04. The topological polar surface area (TPSA) is 27.0 Å². The third-order valence-electron chi connectivity index (χ3n) is 8.31. The molecule has 6 aromatic carbocycles. The monoisotopic (exact) mass is 556 g/mol. The van der Waals surface area contributed by atoms with Gasteiger partial charge in [0.15, 0.2) is 0 Å². The van der Waals surface area contributed by atoms with Gasteiger partial charge in [0, 0.05) is 27.8 Å². The summed E-state index contributed by atoms with van der Waals surface area (Å²) in [5.74, 6) is 0.980. The molecule has 0 fully saturated rings. The van der Waals surface area contributed by atoms with E-state index in [-0.39, 0.29) is 0 Å². The highest BCUT2D eigenvalue weighted by Gasteiger charge is 2.14. The Morgan fingerprint density at radius 3 is 1.30 bits per heavy atom. The van der Waals surface area contributed by atoms with E-state index in [1.165, 1.54) is 11.1 Å². The molecule has 0 amide bonds. The Bertz CT molecular complexity index is 1850. The van der Waals surface area contributed by atoms with Crippen LogP contribution < -0.4 is 4.90 Å². The number of benzene rings is 6. The zero-order valence-electron chi connectivity index (χ0n) is 25.3. The van der Waals surface area contributed by atoms with Crippen LogP contribution in [0.4, 0.5) is 17.1 Å². The molecular formula is C41H36N2. The molecule has 210 valence electrons. The molecule has 0 heterocycles. The summed E-state index contributed by atoms with van der Waals surface area (Å²) in [5, 5.41) is 14.1. The maximum atomic E-state index is 9.97. The van der Waals surface area contributed by atoms with E-state index < -0.39 is 0 Å². The summed E-state index contributed by atoms with van der Waals surface area (Å²) in [6.07, 6.45) is 4.36. The SMILES string of the molecule is CC(C)c1ccc(N(c2ccc(/C=C/c3c4ccccc4c(C#N)c4ccccc34)cc2)c2ccc(C(C)C)cc2)cc1. The average molecular weight is 557 g/mol. The molecule has 0 bridgehead atoms. The van der Waals surface area contributed by atoms with Gasteiger partial charge in [-0.15, -0.1) is 0 Å². The fourth-order valence-electron chi connectivity index (χ4n) is 5.84. The molecule has 0 saturated carbocycles. The van der Waals surface area contributed by atoms with Crippen molar-refractivity contribution in [3.63, 3.8) is 0 Å². The number of hydrogen-bond acceptors (Lipinski definition) is 2. The van der Waals surface area contributed by atoms with Crippen LogP contribution in [0.2, 0.25) is 0 Å². The Hall–Kier alpha value is -5.13. The molecule has 0 unspecified atom stereocenters. The lowest BCUT2D eigenvalue weighted by atomic mass is 9.92. The van der Waals surface area contributed by atoms with E-state index in [1.807, 2.05) is 36.4 Å². The summed E-state index contributed by atoms with van der Waals surface area (Å²) < 4.78 is 0. The van der Waals surface area contributed by atoms with Gasteiger partial charge in [0.25, 0.3) is 0 Å². The van der Waals surface area contributed by atoms with Crippen LogP contribution in [-0.2, 0) is 0 Å². The summed E-state index contributed by atoms with van der Waals surface area (Å²) in [4.78, 5) is 2.32. The van der Waals surface area contributed by atoms with E-state index in [9.17, 15) is 5.26 Å². The van der Waals surface area contributed by atoms with E-state index in [2.05, 4.69) is 136 Å². The molecule has 0 atom stereocenters. The summed E-state index contributed by atoms with van der Waals surface area (Å²) in [6, 6.07) is 45.4. The number of hydrogen-bond donors (Lipinski definition) is 0. The fourth-order valence-corrected chi connectivity index (χ4v) is 5.84. The van der Waals surface area contributed by atoms with Gasteiger partial charge in [-0.1, -0.05) is 125 Å². The second-order valence-electron chi connectivity index (χ2n) is 11.7.